The quantitative estimate of drug-likeness (QED) is 0.451. The van der Waals surface area contributed by atoms with Crippen LogP contribution in [0, 0.1) is 6.92 Å². The Hall–Kier alpha value is -2.96. The van der Waals surface area contributed by atoms with E-state index in [9.17, 15) is 10.2 Å². The minimum Gasteiger partial charge on any atom is -0.508 e. The molecule has 0 amide bonds. The van der Waals surface area contributed by atoms with E-state index in [1.165, 1.54) is 0 Å². The maximum Gasteiger partial charge on any atom is 0.139 e. The van der Waals surface area contributed by atoms with Crippen LogP contribution in [0.2, 0.25) is 0 Å². The van der Waals surface area contributed by atoms with Gasteiger partial charge in [-0.1, -0.05) is 42.5 Å². The molecule has 0 aliphatic heterocycles. The molecule has 28 heavy (non-hydrogen) atoms. The van der Waals surface area contributed by atoms with Crippen LogP contribution < -0.4 is 5.32 Å². The summed E-state index contributed by atoms with van der Waals surface area (Å²) < 4.78 is 0. The molecule has 0 fully saturated rings. The van der Waals surface area contributed by atoms with E-state index in [4.69, 9.17) is 0 Å². The van der Waals surface area contributed by atoms with Crippen molar-refractivity contribution in [2.45, 2.75) is 26.0 Å². The molecule has 2 heterocycles. The number of phenols is 1. The Morgan fingerprint density at radius 1 is 1.00 bits per heavy atom. The molecule has 2 atom stereocenters. The SMILES string of the molecule is Cc1nc(N[C@H](C)[C@@H](O)c2ccc(O)cc2)c2c(-c3ccccc3)csc2n1. The molecule has 2 aromatic heterocycles. The van der Waals surface area contributed by atoms with Crippen LogP contribution in [0.1, 0.15) is 24.4 Å². The molecule has 2 aromatic carbocycles. The third-order valence-corrected chi connectivity index (χ3v) is 5.57. The number of aliphatic hydroxyl groups excluding tert-OH is 1. The lowest BCUT2D eigenvalue weighted by molar-refractivity contribution is 0.160. The molecular formula is C22H21N3O2S. The minimum absolute atomic E-state index is 0.176. The number of nitrogens with one attached hydrogen (secondary N) is 1. The van der Waals surface area contributed by atoms with Gasteiger partial charge in [0.05, 0.1) is 17.5 Å². The second-order valence-corrected chi connectivity index (χ2v) is 7.64. The number of aryl methyl sites for hydroxylation is 1. The van der Waals surface area contributed by atoms with Gasteiger partial charge in [0, 0.05) is 10.9 Å². The van der Waals surface area contributed by atoms with E-state index in [0.717, 1.165) is 26.9 Å². The van der Waals surface area contributed by atoms with Gasteiger partial charge in [-0.2, -0.15) is 0 Å². The summed E-state index contributed by atoms with van der Waals surface area (Å²) in [5, 5.41) is 26.6. The molecule has 0 bridgehead atoms. The summed E-state index contributed by atoms with van der Waals surface area (Å²) >= 11 is 1.59. The highest BCUT2D eigenvalue weighted by atomic mass is 32.1. The van der Waals surface area contributed by atoms with Crippen molar-refractivity contribution in [3.8, 4) is 16.9 Å². The summed E-state index contributed by atoms with van der Waals surface area (Å²) in [4.78, 5) is 10.1. The van der Waals surface area contributed by atoms with Crippen molar-refractivity contribution in [3.05, 3.63) is 71.4 Å². The molecule has 0 saturated carbocycles. The fourth-order valence-corrected chi connectivity index (χ4v) is 4.23. The molecule has 4 aromatic rings. The van der Waals surface area contributed by atoms with Crippen molar-refractivity contribution in [1.29, 1.82) is 0 Å². The molecule has 0 radical (unpaired) electrons. The summed E-state index contributed by atoms with van der Waals surface area (Å²) in [6, 6.07) is 16.5. The van der Waals surface area contributed by atoms with Gasteiger partial charge in [0.1, 0.15) is 22.2 Å². The monoisotopic (exact) mass is 391 g/mol. The number of nitrogens with zero attached hydrogens (tertiary/aromatic N) is 2. The van der Waals surface area contributed by atoms with Crippen molar-refractivity contribution in [3.63, 3.8) is 0 Å². The molecule has 0 aliphatic rings. The Balaban J connectivity index is 1.71. The lowest BCUT2D eigenvalue weighted by Gasteiger charge is -2.22. The predicted molar refractivity (Wildman–Crippen MR) is 114 cm³/mol. The maximum atomic E-state index is 10.7. The van der Waals surface area contributed by atoms with E-state index in [0.29, 0.717) is 11.6 Å². The topological polar surface area (TPSA) is 78.3 Å². The van der Waals surface area contributed by atoms with Gasteiger partial charge in [-0.3, -0.25) is 0 Å². The second kappa shape index (κ2) is 7.58. The minimum atomic E-state index is -0.746. The van der Waals surface area contributed by atoms with E-state index < -0.39 is 6.10 Å². The fraction of sp³-hybridized carbons (Fsp3) is 0.182. The Morgan fingerprint density at radius 3 is 2.43 bits per heavy atom. The van der Waals surface area contributed by atoms with Crippen LogP contribution in [0.3, 0.4) is 0 Å². The first-order chi connectivity index (χ1) is 13.5. The van der Waals surface area contributed by atoms with E-state index in [2.05, 4.69) is 32.8 Å². The fourth-order valence-electron chi connectivity index (χ4n) is 3.24. The number of phenolic OH excluding ortho intramolecular Hbond substituents is 1. The smallest absolute Gasteiger partial charge is 0.139 e. The molecular weight excluding hydrogens is 370 g/mol. The Morgan fingerprint density at radius 2 is 1.71 bits per heavy atom. The number of thiophene rings is 1. The number of anilines is 1. The summed E-state index contributed by atoms with van der Waals surface area (Å²) in [7, 11) is 0. The van der Waals surface area contributed by atoms with Crippen molar-refractivity contribution in [2.75, 3.05) is 5.32 Å². The standard InChI is InChI=1S/C22H21N3O2S/c1-13(20(27)16-8-10-17(26)11-9-16)23-21-19-18(15-6-4-3-5-7-15)12-28-22(19)25-14(2)24-21/h3-13,20,26-27H,1-2H3,(H,23,24,25)/t13-,20-/m1/s1. The Bertz CT molecular complexity index is 1090. The highest BCUT2D eigenvalue weighted by Gasteiger charge is 2.20. The third-order valence-electron chi connectivity index (χ3n) is 4.70. The summed E-state index contributed by atoms with van der Waals surface area (Å²) in [5.41, 5.74) is 2.92. The van der Waals surface area contributed by atoms with Crippen LogP contribution in [0.4, 0.5) is 5.82 Å². The molecule has 5 nitrogen and oxygen atoms in total. The van der Waals surface area contributed by atoms with Crippen LogP contribution in [0.5, 0.6) is 5.75 Å². The number of rotatable bonds is 5. The zero-order valence-corrected chi connectivity index (χ0v) is 16.4. The number of aromatic hydroxyl groups is 1. The van der Waals surface area contributed by atoms with Crippen LogP contribution in [-0.2, 0) is 0 Å². The Kier molecular flexibility index (Phi) is 4.98. The molecule has 6 heteroatoms. The van der Waals surface area contributed by atoms with E-state index >= 15 is 0 Å². The highest BCUT2D eigenvalue weighted by Crippen LogP contribution is 2.37. The van der Waals surface area contributed by atoms with E-state index in [1.54, 1.807) is 35.6 Å². The maximum absolute atomic E-state index is 10.7. The normalized spacial score (nSPS) is 13.4. The van der Waals surface area contributed by atoms with Crippen LogP contribution in [0.25, 0.3) is 21.3 Å². The number of hydrogen-bond donors (Lipinski definition) is 3. The first-order valence-electron chi connectivity index (χ1n) is 9.07. The van der Waals surface area contributed by atoms with Crippen LogP contribution in [0.15, 0.2) is 60.0 Å². The number of aliphatic hydroxyl groups is 1. The number of aromatic nitrogens is 2. The summed E-state index contributed by atoms with van der Waals surface area (Å²) in [6.07, 6.45) is -0.746. The van der Waals surface area contributed by atoms with Crippen molar-refractivity contribution < 1.29 is 10.2 Å². The first kappa shape index (κ1) is 18.4. The van der Waals surface area contributed by atoms with Gasteiger partial charge in [-0.25, -0.2) is 9.97 Å². The lowest BCUT2D eigenvalue weighted by atomic mass is 10.0. The number of hydrogen-bond acceptors (Lipinski definition) is 6. The lowest BCUT2D eigenvalue weighted by Crippen LogP contribution is -2.25. The summed E-state index contributed by atoms with van der Waals surface area (Å²) in [5.74, 6) is 1.58. The van der Waals surface area contributed by atoms with E-state index in [-0.39, 0.29) is 11.8 Å². The van der Waals surface area contributed by atoms with Crippen molar-refractivity contribution in [2.24, 2.45) is 0 Å². The van der Waals surface area contributed by atoms with Gasteiger partial charge in [0.25, 0.3) is 0 Å². The van der Waals surface area contributed by atoms with Crippen LogP contribution >= 0.6 is 11.3 Å². The van der Waals surface area contributed by atoms with Gasteiger partial charge < -0.3 is 15.5 Å². The third kappa shape index (κ3) is 3.56. The van der Waals surface area contributed by atoms with Gasteiger partial charge in [0.15, 0.2) is 0 Å². The predicted octanol–water partition coefficient (Wildman–Crippen LogP) is 4.91. The summed E-state index contributed by atoms with van der Waals surface area (Å²) in [6.45, 7) is 3.78. The van der Waals surface area contributed by atoms with Crippen molar-refractivity contribution >= 4 is 27.4 Å². The molecule has 0 spiro atoms. The van der Waals surface area contributed by atoms with Gasteiger partial charge in [-0.15, -0.1) is 11.3 Å². The average molecular weight is 391 g/mol. The number of fused-ring (bicyclic) bond motifs is 1. The first-order valence-corrected chi connectivity index (χ1v) is 9.95. The van der Waals surface area contributed by atoms with Gasteiger partial charge >= 0.3 is 0 Å². The average Bonchev–Trinajstić information content (AvgIpc) is 3.12. The Labute approximate surface area is 167 Å². The highest BCUT2D eigenvalue weighted by molar-refractivity contribution is 7.17. The second-order valence-electron chi connectivity index (χ2n) is 6.78. The number of benzene rings is 2. The molecule has 3 N–H and O–H groups in total. The zero-order valence-electron chi connectivity index (χ0n) is 15.6. The molecule has 0 unspecified atom stereocenters. The molecule has 142 valence electrons. The molecule has 4 rings (SSSR count). The molecule has 0 saturated heterocycles. The van der Waals surface area contributed by atoms with E-state index in [1.807, 2.05) is 32.0 Å². The molecule has 0 aliphatic carbocycles. The zero-order chi connectivity index (χ0) is 19.7. The van der Waals surface area contributed by atoms with Gasteiger partial charge in [0.2, 0.25) is 0 Å². The largest absolute Gasteiger partial charge is 0.508 e. The van der Waals surface area contributed by atoms with Crippen molar-refractivity contribution in [1.82, 2.24) is 9.97 Å². The van der Waals surface area contributed by atoms with Gasteiger partial charge in [-0.05, 0) is 37.1 Å². The van der Waals surface area contributed by atoms with Crippen LogP contribution in [-0.4, -0.2) is 26.2 Å².